The Morgan fingerprint density at radius 3 is 2.58 bits per heavy atom. The molecule has 0 atom stereocenters. The third kappa shape index (κ3) is 2.78. The number of fused-ring (bicyclic) bond motifs is 1. The fraction of sp³-hybridized carbons (Fsp3) is 0.111. The van der Waals surface area contributed by atoms with Crippen molar-refractivity contribution < 1.29 is 13.6 Å². The first kappa shape index (κ1) is 15.9. The van der Waals surface area contributed by atoms with Crippen molar-refractivity contribution in [2.24, 2.45) is 0 Å². The molecule has 1 amide bonds. The summed E-state index contributed by atoms with van der Waals surface area (Å²) >= 11 is 0. The Hall–Kier alpha value is -3.02. The average Bonchev–Trinajstić information content (AvgIpc) is 2.57. The van der Waals surface area contributed by atoms with Gasteiger partial charge < -0.3 is 9.88 Å². The number of benzene rings is 2. The minimum absolute atomic E-state index is 0.116. The van der Waals surface area contributed by atoms with E-state index < -0.39 is 17.5 Å². The molecule has 0 spiro atoms. The van der Waals surface area contributed by atoms with Crippen LogP contribution in [0, 0.1) is 11.6 Å². The molecule has 3 rings (SSSR count). The zero-order valence-corrected chi connectivity index (χ0v) is 12.8. The summed E-state index contributed by atoms with van der Waals surface area (Å²) < 4.78 is 28.0. The number of nitrogens with one attached hydrogen (secondary N) is 1. The number of nitrogens with zero attached hydrogens (tertiary/aromatic N) is 1. The summed E-state index contributed by atoms with van der Waals surface area (Å²) in [6.45, 7) is 2.03. The maximum atomic E-state index is 13.7. The minimum Gasteiger partial charge on any atom is -0.318 e. The van der Waals surface area contributed by atoms with Gasteiger partial charge in [-0.3, -0.25) is 9.59 Å². The molecule has 0 bridgehead atoms. The number of aromatic nitrogens is 1. The summed E-state index contributed by atoms with van der Waals surface area (Å²) in [4.78, 5) is 25.0. The quantitative estimate of drug-likeness (QED) is 0.799. The molecule has 0 saturated carbocycles. The second-order valence-corrected chi connectivity index (χ2v) is 5.24. The average molecular weight is 328 g/mol. The third-order valence-electron chi connectivity index (χ3n) is 3.75. The van der Waals surface area contributed by atoms with E-state index in [1.807, 2.05) is 0 Å². The van der Waals surface area contributed by atoms with Gasteiger partial charge in [0.15, 0.2) is 0 Å². The summed E-state index contributed by atoms with van der Waals surface area (Å²) in [6, 6.07) is 11.4. The molecular weight excluding hydrogens is 314 g/mol. The van der Waals surface area contributed by atoms with Gasteiger partial charge >= 0.3 is 0 Å². The lowest BCUT2D eigenvalue weighted by Crippen LogP contribution is -2.28. The Kier molecular flexibility index (Phi) is 4.12. The van der Waals surface area contributed by atoms with Gasteiger partial charge in [-0.05, 0) is 36.6 Å². The lowest BCUT2D eigenvalue weighted by Gasteiger charge is -2.13. The van der Waals surface area contributed by atoms with E-state index in [4.69, 9.17) is 0 Å². The second-order valence-electron chi connectivity index (χ2n) is 5.24. The van der Waals surface area contributed by atoms with E-state index in [0.29, 0.717) is 23.4 Å². The molecule has 0 radical (unpaired) electrons. The van der Waals surface area contributed by atoms with E-state index in [1.165, 1.54) is 4.57 Å². The van der Waals surface area contributed by atoms with Crippen LogP contribution < -0.4 is 10.9 Å². The highest BCUT2D eigenvalue weighted by molar-refractivity contribution is 6.05. The van der Waals surface area contributed by atoms with Crippen LogP contribution in [0.2, 0.25) is 0 Å². The molecule has 0 fully saturated rings. The van der Waals surface area contributed by atoms with Crippen LogP contribution in [0.1, 0.15) is 17.4 Å². The predicted molar refractivity (Wildman–Crippen MR) is 88.2 cm³/mol. The first-order valence-corrected chi connectivity index (χ1v) is 7.40. The molecular formula is C18H14F2N2O2. The van der Waals surface area contributed by atoms with Crippen LogP contribution in [0.25, 0.3) is 10.8 Å². The van der Waals surface area contributed by atoms with Gasteiger partial charge in [-0.15, -0.1) is 0 Å². The van der Waals surface area contributed by atoms with Crippen molar-refractivity contribution in [1.82, 2.24) is 4.57 Å². The molecule has 0 saturated heterocycles. The first-order chi connectivity index (χ1) is 11.5. The van der Waals surface area contributed by atoms with Crippen LogP contribution >= 0.6 is 0 Å². The number of amides is 1. The van der Waals surface area contributed by atoms with Gasteiger partial charge in [0, 0.05) is 18.0 Å². The van der Waals surface area contributed by atoms with Crippen molar-refractivity contribution in [3.8, 4) is 0 Å². The third-order valence-corrected chi connectivity index (χ3v) is 3.75. The maximum Gasteiger partial charge on any atom is 0.272 e. The summed E-state index contributed by atoms with van der Waals surface area (Å²) in [5.41, 5.74) is -0.324. The zero-order chi connectivity index (χ0) is 17.3. The van der Waals surface area contributed by atoms with Crippen LogP contribution in [0.5, 0.6) is 0 Å². The topological polar surface area (TPSA) is 51.1 Å². The Labute approximate surface area is 136 Å². The summed E-state index contributed by atoms with van der Waals surface area (Å²) in [5, 5.41) is 3.51. The zero-order valence-electron chi connectivity index (χ0n) is 12.8. The number of hydrogen-bond acceptors (Lipinski definition) is 2. The van der Waals surface area contributed by atoms with Crippen molar-refractivity contribution >= 4 is 22.4 Å². The van der Waals surface area contributed by atoms with Gasteiger partial charge in [0.1, 0.15) is 17.3 Å². The first-order valence-electron chi connectivity index (χ1n) is 7.40. The highest BCUT2D eigenvalue weighted by Crippen LogP contribution is 2.17. The number of anilines is 1. The predicted octanol–water partition coefficient (Wildman–Crippen LogP) is 3.55. The Morgan fingerprint density at radius 1 is 1.12 bits per heavy atom. The van der Waals surface area contributed by atoms with Crippen LogP contribution in [0.3, 0.4) is 0 Å². The Bertz CT molecular complexity index is 996. The fourth-order valence-electron chi connectivity index (χ4n) is 2.58. The summed E-state index contributed by atoms with van der Waals surface area (Å²) in [5.74, 6) is -2.25. The van der Waals surface area contributed by atoms with Gasteiger partial charge in [0.25, 0.3) is 11.5 Å². The normalized spacial score (nSPS) is 10.8. The second kappa shape index (κ2) is 6.23. The number of carbonyl (C=O) groups is 1. The van der Waals surface area contributed by atoms with Gasteiger partial charge in [-0.1, -0.05) is 18.2 Å². The molecule has 0 aliphatic carbocycles. The van der Waals surface area contributed by atoms with Crippen molar-refractivity contribution in [2.75, 3.05) is 5.32 Å². The molecule has 4 nitrogen and oxygen atoms in total. The molecule has 122 valence electrons. The van der Waals surface area contributed by atoms with Crippen molar-refractivity contribution in [2.45, 2.75) is 13.5 Å². The van der Waals surface area contributed by atoms with Crippen LogP contribution in [0.4, 0.5) is 14.5 Å². The number of hydrogen-bond donors (Lipinski definition) is 1. The molecule has 1 N–H and O–H groups in total. The molecule has 0 aliphatic rings. The largest absolute Gasteiger partial charge is 0.318 e. The molecule has 1 aromatic heterocycles. The summed E-state index contributed by atoms with van der Waals surface area (Å²) in [6.07, 6.45) is 0. The number of halogens is 2. The van der Waals surface area contributed by atoms with Gasteiger partial charge in [0.05, 0.1) is 5.69 Å². The fourth-order valence-corrected chi connectivity index (χ4v) is 2.58. The van der Waals surface area contributed by atoms with Gasteiger partial charge in [-0.25, -0.2) is 8.78 Å². The highest BCUT2D eigenvalue weighted by atomic mass is 19.1. The maximum absolute atomic E-state index is 13.7. The van der Waals surface area contributed by atoms with Crippen molar-refractivity contribution in [3.05, 3.63) is 76.2 Å². The van der Waals surface area contributed by atoms with E-state index in [9.17, 15) is 18.4 Å². The van der Waals surface area contributed by atoms with Crippen LogP contribution in [-0.2, 0) is 6.54 Å². The SMILES string of the molecule is CCn1c(C(=O)Nc2ccc(F)cc2F)cc2ccccc2c1=O. The number of rotatable bonds is 3. The van der Waals surface area contributed by atoms with Crippen LogP contribution in [-0.4, -0.2) is 10.5 Å². The molecule has 6 heteroatoms. The lowest BCUT2D eigenvalue weighted by molar-refractivity contribution is 0.101. The van der Waals surface area contributed by atoms with Gasteiger partial charge in [-0.2, -0.15) is 0 Å². The number of pyridine rings is 1. The minimum atomic E-state index is -0.880. The lowest BCUT2D eigenvalue weighted by atomic mass is 10.1. The van der Waals surface area contributed by atoms with E-state index in [1.54, 1.807) is 37.3 Å². The van der Waals surface area contributed by atoms with Gasteiger partial charge in [0.2, 0.25) is 0 Å². The molecule has 1 heterocycles. The Morgan fingerprint density at radius 2 is 1.88 bits per heavy atom. The molecule has 0 unspecified atom stereocenters. The summed E-state index contributed by atoms with van der Waals surface area (Å²) in [7, 11) is 0. The smallest absolute Gasteiger partial charge is 0.272 e. The number of carbonyl (C=O) groups excluding carboxylic acids is 1. The molecule has 0 aliphatic heterocycles. The van der Waals surface area contributed by atoms with E-state index >= 15 is 0 Å². The monoisotopic (exact) mass is 328 g/mol. The van der Waals surface area contributed by atoms with E-state index in [-0.39, 0.29) is 16.9 Å². The standard InChI is InChI=1S/C18H14F2N2O2/c1-2-22-16(9-11-5-3-4-6-13(11)18(22)24)17(23)21-15-8-7-12(19)10-14(15)20/h3-10H,2H2,1H3,(H,21,23). The van der Waals surface area contributed by atoms with Crippen molar-refractivity contribution in [3.63, 3.8) is 0 Å². The highest BCUT2D eigenvalue weighted by Gasteiger charge is 2.16. The van der Waals surface area contributed by atoms with E-state index in [2.05, 4.69) is 5.32 Å². The molecule has 24 heavy (non-hydrogen) atoms. The Balaban J connectivity index is 2.07. The molecule has 3 aromatic rings. The van der Waals surface area contributed by atoms with E-state index in [0.717, 1.165) is 12.1 Å². The van der Waals surface area contributed by atoms with Crippen LogP contribution in [0.15, 0.2) is 53.3 Å². The van der Waals surface area contributed by atoms with Crippen molar-refractivity contribution in [1.29, 1.82) is 0 Å². The molecule has 2 aromatic carbocycles.